The highest BCUT2D eigenvalue weighted by molar-refractivity contribution is 6.31. The van der Waals surface area contributed by atoms with Gasteiger partial charge in [0.1, 0.15) is 11.6 Å². The predicted octanol–water partition coefficient (Wildman–Crippen LogP) is 2.26. The van der Waals surface area contributed by atoms with Crippen LogP contribution in [0, 0.1) is 0 Å². The fraction of sp³-hybridized carbons (Fsp3) is 0.250. The second-order valence-corrected chi connectivity index (χ2v) is 6.14. The van der Waals surface area contributed by atoms with Crippen molar-refractivity contribution < 1.29 is 9.63 Å². The third-order valence-electron chi connectivity index (χ3n) is 3.57. The molecule has 2 aromatic heterocycles. The maximum absolute atomic E-state index is 12.1. The van der Waals surface area contributed by atoms with Crippen LogP contribution in [0.25, 0.3) is 0 Å². The van der Waals surface area contributed by atoms with Crippen molar-refractivity contribution in [2.45, 2.75) is 26.0 Å². The average molecular weight is 381 g/mol. The van der Waals surface area contributed by atoms with Crippen molar-refractivity contribution in [1.82, 2.24) is 19.7 Å². The Bertz CT molecular complexity index is 922. The van der Waals surface area contributed by atoms with Crippen LogP contribution in [0.3, 0.4) is 0 Å². The number of halogens is 2. The van der Waals surface area contributed by atoms with Gasteiger partial charge in [0.05, 0.1) is 18.6 Å². The summed E-state index contributed by atoms with van der Waals surface area (Å²) in [4.78, 5) is 20.3. The van der Waals surface area contributed by atoms with Gasteiger partial charge in [0.25, 0.3) is 5.56 Å². The Morgan fingerprint density at radius 1 is 1.16 bits per heavy atom. The van der Waals surface area contributed by atoms with Crippen molar-refractivity contribution in [2.75, 3.05) is 0 Å². The van der Waals surface area contributed by atoms with Gasteiger partial charge in [-0.25, -0.2) is 4.98 Å². The normalized spacial score (nSPS) is 11.0. The van der Waals surface area contributed by atoms with Crippen LogP contribution in [-0.4, -0.2) is 24.8 Å². The van der Waals surface area contributed by atoms with Gasteiger partial charge in [-0.1, -0.05) is 40.5 Å². The number of hydrogen-bond donors (Lipinski definition) is 1. The molecule has 0 aliphatic carbocycles. The van der Waals surface area contributed by atoms with Crippen molar-refractivity contribution in [1.29, 1.82) is 0 Å². The van der Waals surface area contributed by atoms with Crippen molar-refractivity contribution in [3.8, 4) is 0 Å². The fourth-order valence-corrected chi connectivity index (χ4v) is 2.57. The number of aromatic nitrogens is 4. The second kappa shape index (κ2) is 7.77. The molecule has 0 radical (unpaired) electrons. The van der Waals surface area contributed by atoms with Crippen LogP contribution >= 0.6 is 23.2 Å². The molecule has 130 valence electrons. The third kappa shape index (κ3) is 4.25. The Hall–Kier alpha value is -2.22. The molecule has 0 atom stereocenters. The summed E-state index contributed by atoms with van der Waals surface area (Å²) in [7, 11) is 0. The Labute approximate surface area is 152 Å². The zero-order valence-corrected chi connectivity index (χ0v) is 14.5. The Morgan fingerprint density at radius 2 is 1.92 bits per heavy atom. The van der Waals surface area contributed by atoms with E-state index in [0.29, 0.717) is 17.3 Å². The van der Waals surface area contributed by atoms with E-state index in [9.17, 15) is 4.79 Å². The highest BCUT2D eigenvalue weighted by atomic mass is 35.5. The van der Waals surface area contributed by atoms with Crippen LogP contribution < -0.4 is 5.56 Å². The zero-order valence-electron chi connectivity index (χ0n) is 13.0. The van der Waals surface area contributed by atoms with E-state index in [1.54, 1.807) is 0 Å². The minimum Gasteiger partial charge on any atom is -0.390 e. The Kier molecular flexibility index (Phi) is 5.47. The van der Waals surface area contributed by atoms with Crippen LogP contribution in [0.2, 0.25) is 10.0 Å². The summed E-state index contributed by atoms with van der Waals surface area (Å²) < 4.78 is 6.41. The number of aryl methyl sites for hydroxylation is 2. The Morgan fingerprint density at radius 3 is 2.64 bits per heavy atom. The quantitative estimate of drug-likeness (QED) is 0.704. The lowest BCUT2D eigenvalue weighted by molar-refractivity contribution is 0.276. The highest BCUT2D eigenvalue weighted by Gasteiger charge is 2.12. The molecule has 7 nitrogen and oxygen atoms in total. The van der Waals surface area contributed by atoms with Crippen molar-refractivity contribution in [3.63, 3.8) is 0 Å². The number of rotatable bonds is 6. The largest absolute Gasteiger partial charge is 0.390 e. The van der Waals surface area contributed by atoms with Gasteiger partial charge in [-0.3, -0.25) is 9.36 Å². The lowest BCUT2D eigenvalue weighted by atomic mass is 10.1. The molecule has 3 aromatic rings. The summed E-state index contributed by atoms with van der Waals surface area (Å²) >= 11 is 11.7. The molecule has 0 aliphatic heterocycles. The van der Waals surface area contributed by atoms with E-state index >= 15 is 0 Å². The Balaban J connectivity index is 1.67. The summed E-state index contributed by atoms with van der Waals surface area (Å²) in [5.74, 6) is 0.826. The molecular weight excluding hydrogens is 367 g/mol. The van der Waals surface area contributed by atoms with Crippen LogP contribution in [0.5, 0.6) is 0 Å². The van der Waals surface area contributed by atoms with E-state index < -0.39 is 12.2 Å². The minimum atomic E-state index is -0.471. The summed E-state index contributed by atoms with van der Waals surface area (Å²) in [5, 5.41) is 13.5. The molecule has 0 saturated carbocycles. The van der Waals surface area contributed by atoms with E-state index in [4.69, 9.17) is 32.8 Å². The van der Waals surface area contributed by atoms with Crippen molar-refractivity contribution in [2.24, 2.45) is 0 Å². The summed E-state index contributed by atoms with van der Waals surface area (Å²) in [6, 6.07) is 7.55. The van der Waals surface area contributed by atoms with Gasteiger partial charge in [0.15, 0.2) is 5.82 Å². The van der Waals surface area contributed by atoms with Gasteiger partial charge < -0.3 is 9.63 Å². The molecule has 9 heteroatoms. The average Bonchev–Trinajstić information content (AvgIpc) is 3.06. The summed E-state index contributed by atoms with van der Waals surface area (Å²) in [6.45, 7) is -0.338. The number of aliphatic hydroxyl groups excluding tert-OH is 1. The summed E-state index contributed by atoms with van der Waals surface area (Å²) in [6.07, 6.45) is 2.63. The molecule has 0 saturated heterocycles. The van der Waals surface area contributed by atoms with E-state index in [1.807, 2.05) is 24.3 Å². The van der Waals surface area contributed by atoms with E-state index in [2.05, 4.69) is 15.1 Å². The maximum atomic E-state index is 12.1. The molecule has 25 heavy (non-hydrogen) atoms. The molecule has 0 spiro atoms. The molecule has 1 N–H and O–H groups in total. The molecule has 2 heterocycles. The first kappa shape index (κ1) is 17.6. The third-order valence-corrected chi connectivity index (χ3v) is 4.20. The molecule has 1 aromatic carbocycles. The first-order chi connectivity index (χ1) is 12.1. The second-order valence-electron chi connectivity index (χ2n) is 5.33. The minimum absolute atomic E-state index is 0.0607. The van der Waals surface area contributed by atoms with Gasteiger partial charge >= 0.3 is 0 Å². The van der Waals surface area contributed by atoms with Crippen LogP contribution in [0.1, 0.15) is 23.0 Å². The monoisotopic (exact) mass is 380 g/mol. The number of hydrogen-bond acceptors (Lipinski definition) is 6. The fourth-order valence-electron chi connectivity index (χ4n) is 2.23. The number of aliphatic hydroxyl groups is 1. The van der Waals surface area contributed by atoms with E-state index in [-0.39, 0.29) is 23.2 Å². The molecule has 0 aliphatic rings. The lowest BCUT2D eigenvalue weighted by Crippen LogP contribution is -2.23. The van der Waals surface area contributed by atoms with Crippen molar-refractivity contribution in [3.05, 3.63) is 74.0 Å². The van der Waals surface area contributed by atoms with Crippen LogP contribution in [0.4, 0.5) is 0 Å². The van der Waals surface area contributed by atoms with Gasteiger partial charge in [0.2, 0.25) is 5.89 Å². The SMILES string of the molecule is O=c1c(Cl)c(CO)ncn1Cc1nc(CCc2ccc(Cl)cc2)no1. The lowest BCUT2D eigenvalue weighted by Gasteiger charge is -2.04. The summed E-state index contributed by atoms with van der Waals surface area (Å²) in [5.41, 5.74) is 0.779. The number of nitrogens with zero attached hydrogens (tertiary/aromatic N) is 4. The van der Waals surface area contributed by atoms with Crippen LogP contribution in [-0.2, 0) is 26.0 Å². The maximum Gasteiger partial charge on any atom is 0.272 e. The van der Waals surface area contributed by atoms with Crippen LogP contribution in [0.15, 0.2) is 39.9 Å². The topological polar surface area (TPSA) is 94.0 Å². The predicted molar refractivity (Wildman–Crippen MR) is 91.7 cm³/mol. The smallest absolute Gasteiger partial charge is 0.272 e. The molecular formula is C16H14Cl2N4O3. The number of benzene rings is 1. The molecule has 0 unspecified atom stereocenters. The van der Waals surface area contributed by atoms with Gasteiger partial charge in [0, 0.05) is 11.4 Å². The van der Waals surface area contributed by atoms with Gasteiger partial charge in [-0.05, 0) is 24.1 Å². The van der Waals surface area contributed by atoms with E-state index in [1.165, 1.54) is 10.9 Å². The highest BCUT2D eigenvalue weighted by Crippen LogP contribution is 2.12. The zero-order chi connectivity index (χ0) is 17.8. The first-order valence-corrected chi connectivity index (χ1v) is 8.23. The molecule has 3 rings (SSSR count). The van der Waals surface area contributed by atoms with E-state index in [0.717, 1.165) is 12.0 Å². The molecule has 0 amide bonds. The standard InChI is InChI=1S/C16H14Cl2N4O3/c17-11-4-1-10(2-5-11)3-6-13-20-14(25-21-13)7-22-9-19-12(8-23)15(18)16(22)24/h1-2,4-5,9,23H,3,6-8H2. The van der Waals surface area contributed by atoms with Gasteiger partial charge in [-0.2, -0.15) is 4.98 Å². The molecule has 0 fully saturated rings. The van der Waals surface area contributed by atoms with Gasteiger partial charge in [-0.15, -0.1) is 0 Å². The first-order valence-electron chi connectivity index (χ1n) is 7.47. The van der Waals surface area contributed by atoms with Crippen molar-refractivity contribution >= 4 is 23.2 Å². The molecule has 0 bridgehead atoms.